The van der Waals surface area contributed by atoms with Gasteiger partial charge in [0.1, 0.15) is 5.75 Å². The van der Waals surface area contributed by atoms with Crippen LogP contribution in [0.1, 0.15) is 25.0 Å². The molecule has 0 saturated carbocycles. The van der Waals surface area contributed by atoms with Crippen molar-refractivity contribution in [3.8, 4) is 5.75 Å². The molecule has 1 aromatic rings. The minimum Gasteiger partial charge on any atom is -0.493 e. The smallest absolute Gasteiger partial charge is 0.231 e. The van der Waals surface area contributed by atoms with Gasteiger partial charge in [-0.25, -0.2) is 0 Å². The number of primary amides is 1. The Morgan fingerprint density at radius 3 is 2.89 bits per heavy atom. The Morgan fingerprint density at radius 1 is 1.53 bits per heavy atom. The van der Waals surface area contributed by atoms with Gasteiger partial charge in [0.15, 0.2) is 0 Å². The van der Waals surface area contributed by atoms with E-state index in [-0.39, 0.29) is 18.5 Å². The zero-order valence-electron chi connectivity index (χ0n) is 11.3. The van der Waals surface area contributed by atoms with Crippen molar-refractivity contribution in [3.05, 3.63) is 27.7 Å². The largest absolute Gasteiger partial charge is 0.493 e. The topological polar surface area (TPSA) is 55.6 Å². The zero-order chi connectivity index (χ0) is 14.0. The van der Waals surface area contributed by atoms with Crippen molar-refractivity contribution in [1.29, 1.82) is 0 Å². The maximum Gasteiger partial charge on any atom is 0.231 e. The summed E-state index contributed by atoms with van der Waals surface area (Å²) in [5.74, 6) is 0.666. The average Bonchev–Trinajstić information content (AvgIpc) is 2.75. The Kier molecular flexibility index (Phi) is 4.47. The van der Waals surface area contributed by atoms with Crippen LogP contribution in [0.25, 0.3) is 0 Å². The normalized spacial score (nSPS) is 13.7. The van der Waals surface area contributed by atoms with E-state index in [0.29, 0.717) is 6.54 Å². The van der Waals surface area contributed by atoms with E-state index in [2.05, 4.69) is 41.9 Å². The highest BCUT2D eigenvalue weighted by atomic mass is 79.9. The molecule has 1 amide bonds. The van der Waals surface area contributed by atoms with Gasteiger partial charge in [-0.15, -0.1) is 0 Å². The van der Waals surface area contributed by atoms with Gasteiger partial charge < -0.3 is 10.5 Å². The van der Waals surface area contributed by atoms with Crippen molar-refractivity contribution >= 4 is 21.8 Å². The number of halogens is 1. The molecule has 19 heavy (non-hydrogen) atoms. The lowest BCUT2D eigenvalue weighted by Crippen LogP contribution is -2.38. The lowest BCUT2D eigenvalue weighted by molar-refractivity contribution is -0.119. The first-order valence-corrected chi connectivity index (χ1v) is 7.23. The molecule has 0 spiro atoms. The van der Waals surface area contributed by atoms with E-state index in [1.54, 1.807) is 0 Å². The van der Waals surface area contributed by atoms with Gasteiger partial charge in [0.25, 0.3) is 0 Å². The average molecular weight is 327 g/mol. The van der Waals surface area contributed by atoms with Gasteiger partial charge in [-0.2, -0.15) is 0 Å². The Morgan fingerprint density at radius 2 is 2.26 bits per heavy atom. The molecule has 0 aliphatic carbocycles. The first kappa shape index (κ1) is 14.3. The second kappa shape index (κ2) is 5.92. The monoisotopic (exact) mass is 326 g/mol. The highest BCUT2D eigenvalue weighted by molar-refractivity contribution is 9.10. The van der Waals surface area contributed by atoms with Gasteiger partial charge in [-0.3, -0.25) is 9.69 Å². The second-order valence-electron chi connectivity index (χ2n) is 5.12. The SMILES string of the molecule is CC(C)N(CC(N)=O)Cc1cc(Br)cc2c1OCC2. The summed E-state index contributed by atoms with van der Waals surface area (Å²) in [7, 11) is 0. The molecule has 1 heterocycles. The standard InChI is InChI=1S/C14H19BrN2O2/c1-9(2)17(8-13(16)18)7-11-6-12(15)5-10-3-4-19-14(10)11/h5-6,9H,3-4,7-8H2,1-2H3,(H2,16,18). The number of fused-ring (bicyclic) bond motifs is 1. The molecule has 0 unspecified atom stereocenters. The first-order chi connectivity index (χ1) is 8.97. The summed E-state index contributed by atoms with van der Waals surface area (Å²) in [5, 5.41) is 0. The van der Waals surface area contributed by atoms with Gasteiger partial charge >= 0.3 is 0 Å². The Hall–Kier alpha value is -1.07. The van der Waals surface area contributed by atoms with Crippen LogP contribution in [0.2, 0.25) is 0 Å². The van der Waals surface area contributed by atoms with Crippen molar-refractivity contribution in [2.45, 2.75) is 32.9 Å². The summed E-state index contributed by atoms with van der Waals surface area (Å²) in [6.45, 7) is 5.78. The van der Waals surface area contributed by atoms with Crippen molar-refractivity contribution in [2.75, 3.05) is 13.2 Å². The van der Waals surface area contributed by atoms with E-state index < -0.39 is 0 Å². The maximum atomic E-state index is 11.1. The molecular formula is C14H19BrN2O2. The van der Waals surface area contributed by atoms with Crippen LogP contribution in [0, 0.1) is 0 Å². The van der Waals surface area contributed by atoms with E-state index in [1.807, 2.05) is 4.90 Å². The van der Waals surface area contributed by atoms with E-state index >= 15 is 0 Å². The predicted octanol–water partition coefficient (Wildman–Crippen LogP) is 2.08. The molecule has 0 bridgehead atoms. The van der Waals surface area contributed by atoms with Crippen LogP contribution in [-0.4, -0.2) is 30.0 Å². The summed E-state index contributed by atoms with van der Waals surface area (Å²) in [4.78, 5) is 13.2. The molecule has 1 aliphatic heterocycles. The van der Waals surface area contributed by atoms with Gasteiger partial charge in [0, 0.05) is 29.0 Å². The molecule has 2 N–H and O–H groups in total. The third-order valence-electron chi connectivity index (χ3n) is 3.29. The van der Waals surface area contributed by atoms with Crippen LogP contribution in [0.5, 0.6) is 5.75 Å². The summed E-state index contributed by atoms with van der Waals surface area (Å²) in [6, 6.07) is 4.41. The van der Waals surface area contributed by atoms with Gasteiger partial charge in [-0.1, -0.05) is 15.9 Å². The molecule has 5 heteroatoms. The van der Waals surface area contributed by atoms with E-state index in [9.17, 15) is 4.79 Å². The Balaban J connectivity index is 2.24. The third kappa shape index (κ3) is 3.48. The number of amides is 1. The molecule has 2 rings (SSSR count). The Labute approximate surface area is 122 Å². The fourth-order valence-electron chi connectivity index (χ4n) is 2.30. The van der Waals surface area contributed by atoms with E-state index in [1.165, 1.54) is 5.56 Å². The number of carbonyl (C=O) groups is 1. The van der Waals surface area contributed by atoms with Gasteiger partial charge in [0.2, 0.25) is 5.91 Å². The number of ether oxygens (including phenoxy) is 1. The summed E-state index contributed by atoms with van der Waals surface area (Å²) in [6.07, 6.45) is 0.944. The van der Waals surface area contributed by atoms with Crippen LogP contribution >= 0.6 is 15.9 Å². The van der Waals surface area contributed by atoms with Crippen LogP contribution in [0.3, 0.4) is 0 Å². The van der Waals surface area contributed by atoms with Crippen LogP contribution in [0.4, 0.5) is 0 Å². The molecule has 1 aromatic carbocycles. The van der Waals surface area contributed by atoms with Gasteiger partial charge in [-0.05, 0) is 31.5 Å². The van der Waals surface area contributed by atoms with E-state index in [0.717, 1.165) is 28.8 Å². The predicted molar refractivity (Wildman–Crippen MR) is 78.1 cm³/mol. The lowest BCUT2D eigenvalue weighted by Gasteiger charge is -2.25. The second-order valence-corrected chi connectivity index (χ2v) is 6.03. The maximum absolute atomic E-state index is 11.1. The third-order valence-corrected chi connectivity index (χ3v) is 3.75. The molecule has 1 aliphatic rings. The molecule has 0 saturated heterocycles. The molecule has 104 valence electrons. The van der Waals surface area contributed by atoms with Crippen molar-refractivity contribution in [2.24, 2.45) is 5.73 Å². The Bertz CT molecular complexity index is 489. The molecule has 0 atom stereocenters. The number of hydrogen-bond acceptors (Lipinski definition) is 3. The van der Waals surface area contributed by atoms with Crippen LogP contribution in [0.15, 0.2) is 16.6 Å². The van der Waals surface area contributed by atoms with E-state index in [4.69, 9.17) is 10.5 Å². The number of carbonyl (C=O) groups excluding carboxylic acids is 1. The molecule has 0 fully saturated rings. The van der Waals surface area contributed by atoms with Gasteiger partial charge in [0.05, 0.1) is 13.2 Å². The highest BCUT2D eigenvalue weighted by Gasteiger charge is 2.21. The number of rotatable bonds is 5. The van der Waals surface area contributed by atoms with Crippen LogP contribution < -0.4 is 10.5 Å². The number of hydrogen-bond donors (Lipinski definition) is 1. The minimum atomic E-state index is -0.304. The van der Waals surface area contributed by atoms with Crippen LogP contribution in [-0.2, 0) is 17.8 Å². The molecule has 0 aromatic heterocycles. The number of benzene rings is 1. The quantitative estimate of drug-likeness (QED) is 0.901. The number of nitrogens with two attached hydrogens (primary N) is 1. The van der Waals surface area contributed by atoms with Crippen molar-refractivity contribution in [3.63, 3.8) is 0 Å². The number of nitrogens with zero attached hydrogens (tertiary/aromatic N) is 1. The minimum absolute atomic E-state index is 0.253. The first-order valence-electron chi connectivity index (χ1n) is 6.44. The van der Waals surface area contributed by atoms with Crippen molar-refractivity contribution < 1.29 is 9.53 Å². The molecule has 0 radical (unpaired) electrons. The zero-order valence-corrected chi connectivity index (χ0v) is 12.9. The van der Waals surface area contributed by atoms with Crippen molar-refractivity contribution in [1.82, 2.24) is 4.90 Å². The molecular weight excluding hydrogens is 308 g/mol. The highest BCUT2D eigenvalue weighted by Crippen LogP contribution is 2.33. The molecule has 4 nitrogen and oxygen atoms in total. The fourth-order valence-corrected chi connectivity index (χ4v) is 2.86. The summed E-state index contributed by atoms with van der Waals surface area (Å²) >= 11 is 3.53. The summed E-state index contributed by atoms with van der Waals surface area (Å²) < 4.78 is 6.76. The summed E-state index contributed by atoms with van der Waals surface area (Å²) in [5.41, 5.74) is 7.64. The lowest BCUT2D eigenvalue weighted by atomic mass is 10.1. The fraction of sp³-hybridized carbons (Fsp3) is 0.500.